The van der Waals surface area contributed by atoms with Crippen molar-refractivity contribution in [3.63, 3.8) is 0 Å². The van der Waals surface area contributed by atoms with Gasteiger partial charge in [0.25, 0.3) is 5.91 Å². The van der Waals surface area contributed by atoms with Crippen LogP contribution in [0.5, 0.6) is 0 Å². The molecule has 1 aromatic rings. The van der Waals surface area contributed by atoms with Gasteiger partial charge in [-0.1, -0.05) is 19.8 Å². The second kappa shape index (κ2) is 7.39. The summed E-state index contributed by atoms with van der Waals surface area (Å²) in [7, 11) is -3.33. The molecular weight excluding hydrogens is 354 g/mol. The molecule has 0 radical (unpaired) electrons. The molecule has 0 bridgehead atoms. The molecule has 1 amide bonds. The summed E-state index contributed by atoms with van der Waals surface area (Å²) in [6, 6.07) is 5.07. The van der Waals surface area contributed by atoms with Crippen LogP contribution in [-0.2, 0) is 14.6 Å². The Morgan fingerprint density at radius 3 is 2.42 bits per heavy atom. The molecule has 2 aliphatic rings. The molecule has 1 N–H and O–H groups in total. The number of amides is 1. The van der Waals surface area contributed by atoms with Crippen LogP contribution in [0.15, 0.2) is 29.2 Å². The van der Waals surface area contributed by atoms with Crippen LogP contribution < -0.4 is 0 Å². The van der Waals surface area contributed by atoms with Crippen molar-refractivity contribution in [2.75, 3.05) is 5.75 Å². The lowest BCUT2D eigenvalue weighted by Gasteiger charge is -2.33. The Labute approximate surface area is 154 Å². The van der Waals surface area contributed by atoms with E-state index in [1.165, 1.54) is 29.2 Å². The Morgan fingerprint density at radius 2 is 1.81 bits per heavy atom. The van der Waals surface area contributed by atoms with Crippen molar-refractivity contribution >= 4 is 21.7 Å². The largest absolute Gasteiger partial charge is 0.480 e. The predicted octanol–water partition coefficient (Wildman–Crippen LogP) is 2.73. The third-order valence-corrected chi connectivity index (χ3v) is 7.48. The molecule has 1 heterocycles. The number of carboxylic acid groups (broad SMARTS) is 1. The van der Waals surface area contributed by atoms with Gasteiger partial charge in [0, 0.05) is 11.6 Å². The molecule has 1 aromatic carbocycles. The van der Waals surface area contributed by atoms with Crippen LogP contribution >= 0.6 is 0 Å². The van der Waals surface area contributed by atoms with Gasteiger partial charge in [-0.05, 0) is 55.9 Å². The summed E-state index contributed by atoms with van der Waals surface area (Å²) >= 11 is 0. The van der Waals surface area contributed by atoms with Crippen molar-refractivity contribution in [1.29, 1.82) is 0 Å². The number of carbonyl (C=O) groups excluding carboxylic acids is 1. The van der Waals surface area contributed by atoms with E-state index in [2.05, 4.69) is 0 Å². The highest BCUT2D eigenvalue weighted by molar-refractivity contribution is 7.91. The van der Waals surface area contributed by atoms with Gasteiger partial charge in [-0.2, -0.15) is 0 Å². The number of rotatable bonds is 5. The Balaban J connectivity index is 1.86. The van der Waals surface area contributed by atoms with Crippen molar-refractivity contribution in [1.82, 2.24) is 4.90 Å². The van der Waals surface area contributed by atoms with Gasteiger partial charge in [0.1, 0.15) is 6.04 Å². The van der Waals surface area contributed by atoms with E-state index >= 15 is 0 Å². The van der Waals surface area contributed by atoms with Crippen molar-refractivity contribution in [2.45, 2.75) is 62.4 Å². The highest BCUT2D eigenvalue weighted by atomic mass is 32.2. The zero-order valence-corrected chi connectivity index (χ0v) is 15.7. The fourth-order valence-corrected chi connectivity index (χ4v) is 5.64. The van der Waals surface area contributed by atoms with E-state index in [4.69, 9.17) is 0 Å². The molecule has 0 aromatic heterocycles. The van der Waals surface area contributed by atoms with Gasteiger partial charge in [-0.3, -0.25) is 4.79 Å². The molecule has 7 heteroatoms. The number of nitrogens with zero attached hydrogens (tertiary/aromatic N) is 1. The van der Waals surface area contributed by atoms with Gasteiger partial charge in [-0.15, -0.1) is 0 Å². The number of hydrogen-bond donors (Lipinski definition) is 1. The minimum Gasteiger partial charge on any atom is -0.480 e. The number of fused-ring (bicyclic) bond motifs is 1. The average Bonchev–Trinajstić information content (AvgIpc) is 3.01. The molecule has 1 saturated carbocycles. The quantitative estimate of drug-likeness (QED) is 0.849. The Kier molecular flexibility index (Phi) is 5.37. The van der Waals surface area contributed by atoms with Crippen molar-refractivity contribution in [3.05, 3.63) is 29.8 Å². The van der Waals surface area contributed by atoms with E-state index in [9.17, 15) is 23.1 Å². The van der Waals surface area contributed by atoms with Crippen LogP contribution in [0.2, 0.25) is 0 Å². The Morgan fingerprint density at radius 1 is 1.15 bits per heavy atom. The number of sulfone groups is 1. The lowest BCUT2D eigenvalue weighted by molar-refractivity contribution is -0.141. The van der Waals surface area contributed by atoms with Gasteiger partial charge in [-0.25, -0.2) is 13.2 Å². The Hall–Kier alpha value is -1.89. The molecule has 1 aliphatic heterocycles. The van der Waals surface area contributed by atoms with E-state index in [0.29, 0.717) is 18.4 Å². The standard InChI is InChI=1S/C19H25NO5S/c1-2-11-26(24,25)15-9-7-13(8-10-15)18(21)20-16-6-4-3-5-14(16)12-17(20)19(22)23/h7-10,14,16-17H,2-6,11-12H2,1H3,(H,22,23). The maximum atomic E-state index is 13.0. The average molecular weight is 379 g/mol. The second-order valence-corrected chi connectivity index (χ2v) is 9.37. The SMILES string of the molecule is CCCS(=O)(=O)c1ccc(C(=O)N2C(C(=O)O)CC3CCCCC32)cc1. The van der Waals surface area contributed by atoms with E-state index < -0.39 is 21.8 Å². The topological polar surface area (TPSA) is 91.8 Å². The van der Waals surface area contributed by atoms with Crippen molar-refractivity contribution in [2.24, 2.45) is 5.92 Å². The minimum absolute atomic E-state index is 0.0270. The summed E-state index contributed by atoms with van der Waals surface area (Å²) in [5.74, 6) is -0.962. The molecule has 3 rings (SSSR count). The van der Waals surface area contributed by atoms with Gasteiger partial charge in [0.05, 0.1) is 10.6 Å². The fraction of sp³-hybridized carbons (Fsp3) is 0.579. The fourth-order valence-electron chi connectivity index (χ4n) is 4.31. The first kappa shape index (κ1) is 18.9. The normalized spacial score (nSPS) is 25.7. The number of carboxylic acids is 1. The van der Waals surface area contributed by atoms with Crippen molar-refractivity contribution in [3.8, 4) is 0 Å². The first-order valence-electron chi connectivity index (χ1n) is 9.23. The number of carbonyl (C=O) groups is 2. The molecule has 142 valence electrons. The lowest BCUT2D eigenvalue weighted by atomic mass is 9.84. The van der Waals surface area contributed by atoms with Crippen LogP contribution in [0, 0.1) is 5.92 Å². The number of aliphatic carboxylic acids is 1. The maximum Gasteiger partial charge on any atom is 0.326 e. The summed E-state index contributed by atoms with van der Waals surface area (Å²) in [5, 5.41) is 9.56. The Bertz CT molecular complexity index is 787. The highest BCUT2D eigenvalue weighted by Crippen LogP contribution is 2.40. The van der Waals surface area contributed by atoms with E-state index in [1.54, 1.807) is 6.92 Å². The molecule has 1 aliphatic carbocycles. The van der Waals surface area contributed by atoms with E-state index in [1.807, 2.05) is 0 Å². The summed E-state index contributed by atoms with van der Waals surface area (Å²) in [6.45, 7) is 1.80. The molecule has 0 spiro atoms. The lowest BCUT2D eigenvalue weighted by Crippen LogP contribution is -2.46. The summed E-state index contributed by atoms with van der Waals surface area (Å²) in [4.78, 5) is 26.4. The molecule has 3 unspecified atom stereocenters. The minimum atomic E-state index is -3.33. The van der Waals surface area contributed by atoms with Crippen LogP contribution in [-0.4, -0.2) is 48.1 Å². The molecule has 6 nitrogen and oxygen atoms in total. The predicted molar refractivity (Wildman–Crippen MR) is 96.7 cm³/mol. The van der Waals surface area contributed by atoms with Gasteiger partial charge in [0.2, 0.25) is 0 Å². The van der Waals surface area contributed by atoms with Crippen LogP contribution in [0.3, 0.4) is 0 Å². The van der Waals surface area contributed by atoms with Crippen LogP contribution in [0.25, 0.3) is 0 Å². The van der Waals surface area contributed by atoms with E-state index in [0.717, 1.165) is 25.7 Å². The third kappa shape index (κ3) is 3.49. The first-order chi connectivity index (χ1) is 12.3. The van der Waals surface area contributed by atoms with Gasteiger partial charge < -0.3 is 10.0 Å². The third-order valence-electron chi connectivity index (χ3n) is 5.54. The van der Waals surface area contributed by atoms with Crippen LogP contribution in [0.4, 0.5) is 0 Å². The summed E-state index contributed by atoms with van der Waals surface area (Å²) in [5.41, 5.74) is 0.345. The molecule has 1 saturated heterocycles. The molecule has 3 atom stereocenters. The first-order valence-corrected chi connectivity index (χ1v) is 10.9. The van der Waals surface area contributed by atoms with Crippen molar-refractivity contribution < 1.29 is 23.1 Å². The summed E-state index contributed by atoms with van der Waals surface area (Å²) in [6.07, 6.45) is 4.93. The number of hydrogen-bond acceptors (Lipinski definition) is 4. The smallest absolute Gasteiger partial charge is 0.326 e. The number of likely N-dealkylation sites (tertiary alicyclic amines) is 1. The summed E-state index contributed by atoms with van der Waals surface area (Å²) < 4.78 is 24.3. The molecule has 2 fully saturated rings. The van der Waals surface area contributed by atoms with Crippen LogP contribution in [0.1, 0.15) is 55.8 Å². The highest BCUT2D eigenvalue weighted by Gasteiger charge is 2.47. The van der Waals surface area contributed by atoms with Gasteiger partial charge >= 0.3 is 5.97 Å². The van der Waals surface area contributed by atoms with E-state index in [-0.39, 0.29) is 28.5 Å². The number of benzene rings is 1. The van der Waals surface area contributed by atoms with Gasteiger partial charge in [0.15, 0.2) is 9.84 Å². The molecular formula is C19H25NO5S. The maximum absolute atomic E-state index is 13.0. The monoisotopic (exact) mass is 379 g/mol. The molecule has 26 heavy (non-hydrogen) atoms. The second-order valence-electron chi connectivity index (χ2n) is 7.26. The zero-order chi connectivity index (χ0) is 18.9. The zero-order valence-electron chi connectivity index (χ0n) is 14.9.